The van der Waals surface area contributed by atoms with E-state index in [1.165, 1.54) is 18.2 Å². The highest BCUT2D eigenvalue weighted by molar-refractivity contribution is 14.1. The molecular formula is C12H11F3INO3. The van der Waals surface area contributed by atoms with Gasteiger partial charge in [-0.2, -0.15) is 0 Å². The molecule has 1 aliphatic heterocycles. The van der Waals surface area contributed by atoms with Gasteiger partial charge < -0.3 is 14.8 Å². The van der Waals surface area contributed by atoms with E-state index in [2.05, 4.69) is 10.1 Å². The van der Waals surface area contributed by atoms with Crippen molar-refractivity contribution in [2.75, 3.05) is 11.9 Å². The number of rotatable bonds is 3. The van der Waals surface area contributed by atoms with Crippen LogP contribution in [0.5, 0.6) is 5.75 Å². The molecule has 0 spiro atoms. The Labute approximate surface area is 126 Å². The Morgan fingerprint density at radius 3 is 2.75 bits per heavy atom. The minimum atomic E-state index is -4.73. The van der Waals surface area contributed by atoms with E-state index in [4.69, 9.17) is 4.74 Å². The van der Waals surface area contributed by atoms with Gasteiger partial charge in [-0.25, -0.2) is 4.79 Å². The molecule has 1 aromatic carbocycles. The highest BCUT2D eigenvalue weighted by Crippen LogP contribution is 2.43. The Hall–Kier alpha value is -1.19. The normalized spacial score (nSPS) is 21.1. The molecular weight excluding hydrogens is 390 g/mol. The Kier molecular flexibility index (Phi) is 4.31. The number of fused-ring (bicyclic) bond motifs is 1. The summed E-state index contributed by atoms with van der Waals surface area (Å²) in [5, 5.41) is 2.94. The first-order valence-electron chi connectivity index (χ1n) is 5.78. The molecule has 0 saturated heterocycles. The smallest absolute Gasteiger partial charge is 0.464 e. The summed E-state index contributed by atoms with van der Waals surface area (Å²) in [7, 11) is 0. The lowest BCUT2D eigenvalue weighted by molar-refractivity contribution is -0.274. The van der Waals surface area contributed by atoms with Crippen molar-refractivity contribution in [1.29, 1.82) is 0 Å². The molecule has 0 aliphatic carbocycles. The first-order chi connectivity index (χ1) is 9.31. The second kappa shape index (κ2) is 5.66. The van der Waals surface area contributed by atoms with Gasteiger partial charge in [0.05, 0.1) is 10.5 Å². The van der Waals surface area contributed by atoms with Gasteiger partial charge in [-0.05, 0) is 30.7 Å². The molecule has 1 aromatic rings. The molecule has 1 aliphatic rings. The van der Waals surface area contributed by atoms with Crippen molar-refractivity contribution < 1.29 is 27.4 Å². The number of ether oxygens (including phenoxy) is 2. The van der Waals surface area contributed by atoms with Gasteiger partial charge in [-0.15, -0.1) is 13.2 Å². The van der Waals surface area contributed by atoms with Crippen LogP contribution >= 0.6 is 22.6 Å². The lowest BCUT2D eigenvalue weighted by atomic mass is 10.1. The maximum atomic E-state index is 12.2. The summed E-state index contributed by atoms with van der Waals surface area (Å²) in [6.45, 7) is 1.94. The van der Waals surface area contributed by atoms with Gasteiger partial charge in [0.2, 0.25) is 0 Å². The van der Waals surface area contributed by atoms with Crippen LogP contribution < -0.4 is 10.1 Å². The maximum absolute atomic E-state index is 12.2. The Balaban J connectivity index is 2.20. The third-order valence-electron chi connectivity index (χ3n) is 2.70. The zero-order chi connectivity index (χ0) is 14.9. The minimum absolute atomic E-state index is 0.249. The SMILES string of the molecule is CCOC(=O)C1Nc2ccc(OC(F)(F)F)cc2C1I. The third-order valence-corrected chi connectivity index (χ3v) is 4.09. The molecule has 2 unspecified atom stereocenters. The van der Waals surface area contributed by atoms with Crippen molar-refractivity contribution >= 4 is 34.2 Å². The van der Waals surface area contributed by atoms with Crippen molar-refractivity contribution in [3.8, 4) is 5.75 Å². The van der Waals surface area contributed by atoms with Gasteiger partial charge in [-0.3, -0.25) is 0 Å². The first kappa shape index (κ1) is 15.2. The highest BCUT2D eigenvalue weighted by atomic mass is 127. The number of carbonyl (C=O) groups is 1. The summed E-state index contributed by atoms with van der Waals surface area (Å²) >= 11 is 1.99. The van der Waals surface area contributed by atoms with E-state index < -0.39 is 18.4 Å². The monoisotopic (exact) mass is 401 g/mol. The molecule has 4 nitrogen and oxygen atoms in total. The number of esters is 1. The average Bonchev–Trinajstić information content (AvgIpc) is 2.65. The van der Waals surface area contributed by atoms with E-state index in [1.54, 1.807) is 6.92 Å². The van der Waals surface area contributed by atoms with Gasteiger partial charge in [0.15, 0.2) is 0 Å². The van der Waals surface area contributed by atoms with Crippen LogP contribution in [0.1, 0.15) is 16.4 Å². The lowest BCUT2D eigenvalue weighted by Crippen LogP contribution is -2.30. The molecule has 1 heterocycles. The van der Waals surface area contributed by atoms with Crippen LogP contribution in [-0.2, 0) is 9.53 Å². The van der Waals surface area contributed by atoms with Crippen LogP contribution in [0.15, 0.2) is 18.2 Å². The molecule has 0 amide bonds. The predicted molar refractivity (Wildman–Crippen MR) is 73.9 cm³/mol. The van der Waals surface area contributed by atoms with Gasteiger partial charge >= 0.3 is 12.3 Å². The van der Waals surface area contributed by atoms with E-state index in [0.717, 1.165) is 0 Å². The standard InChI is InChI=1S/C12H11F3INO3/c1-2-19-11(18)10-9(16)7-5-6(20-12(13,14)15)3-4-8(7)17-10/h3-5,9-10,17H,2H2,1H3. The number of benzene rings is 1. The Bertz CT molecular complexity index is 521. The van der Waals surface area contributed by atoms with Crippen LogP contribution in [-0.4, -0.2) is 25.0 Å². The molecule has 110 valence electrons. The average molecular weight is 401 g/mol. The third kappa shape index (κ3) is 3.28. The molecule has 20 heavy (non-hydrogen) atoms. The number of hydrogen-bond donors (Lipinski definition) is 1. The Morgan fingerprint density at radius 2 is 2.15 bits per heavy atom. The zero-order valence-electron chi connectivity index (χ0n) is 10.3. The van der Waals surface area contributed by atoms with Crippen molar-refractivity contribution in [3.05, 3.63) is 23.8 Å². The second-order valence-electron chi connectivity index (χ2n) is 4.07. The summed E-state index contributed by atoms with van der Waals surface area (Å²) < 4.78 is 45.0. The number of anilines is 1. The van der Waals surface area contributed by atoms with Crippen molar-refractivity contribution in [3.63, 3.8) is 0 Å². The number of nitrogens with one attached hydrogen (secondary N) is 1. The number of carbonyl (C=O) groups excluding carboxylic acids is 1. The summed E-state index contributed by atoms with van der Waals surface area (Å²) in [6.07, 6.45) is -4.73. The van der Waals surface area contributed by atoms with Crippen molar-refractivity contribution in [1.82, 2.24) is 0 Å². The topological polar surface area (TPSA) is 47.6 Å². The van der Waals surface area contributed by atoms with Gasteiger partial charge in [0, 0.05) is 5.69 Å². The largest absolute Gasteiger partial charge is 0.573 e. The molecule has 0 aromatic heterocycles. The van der Waals surface area contributed by atoms with E-state index >= 15 is 0 Å². The zero-order valence-corrected chi connectivity index (χ0v) is 12.5. The molecule has 2 atom stereocenters. The quantitative estimate of drug-likeness (QED) is 0.479. The first-order valence-corrected chi connectivity index (χ1v) is 7.03. The summed E-state index contributed by atoms with van der Waals surface area (Å²) in [5.74, 6) is -0.731. The number of alkyl halides is 4. The maximum Gasteiger partial charge on any atom is 0.573 e. The van der Waals surface area contributed by atoms with Gasteiger partial charge in [-0.1, -0.05) is 22.6 Å². The number of halogens is 4. The van der Waals surface area contributed by atoms with Crippen LogP contribution in [0.4, 0.5) is 18.9 Å². The Morgan fingerprint density at radius 1 is 1.45 bits per heavy atom. The van der Waals surface area contributed by atoms with Crippen LogP contribution in [0.3, 0.4) is 0 Å². The molecule has 8 heteroatoms. The fourth-order valence-electron chi connectivity index (χ4n) is 1.93. The van der Waals surface area contributed by atoms with Crippen LogP contribution in [0.2, 0.25) is 0 Å². The molecule has 1 N–H and O–H groups in total. The summed E-state index contributed by atoms with van der Waals surface area (Å²) in [4.78, 5) is 11.7. The van der Waals surface area contributed by atoms with Crippen molar-refractivity contribution in [2.24, 2.45) is 0 Å². The van der Waals surface area contributed by atoms with E-state index in [9.17, 15) is 18.0 Å². The van der Waals surface area contributed by atoms with Gasteiger partial charge in [0.25, 0.3) is 0 Å². The second-order valence-corrected chi connectivity index (χ2v) is 5.41. The predicted octanol–water partition coefficient (Wildman–Crippen LogP) is 3.42. The minimum Gasteiger partial charge on any atom is -0.464 e. The summed E-state index contributed by atoms with van der Waals surface area (Å²) in [5.41, 5.74) is 1.20. The summed E-state index contributed by atoms with van der Waals surface area (Å²) in [6, 6.07) is 3.34. The van der Waals surface area contributed by atoms with E-state index in [-0.39, 0.29) is 16.3 Å². The van der Waals surface area contributed by atoms with E-state index in [1.807, 2.05) is 22.6 Å². The fraction of sp³-hybridized carbons (Fsp3) is 0.417. The molecule has 0 fully saturated rings. The fourth-order valence-corrected chi connectivity index (χ4v) is 2.92. The molecule has 2 rings (SSSR count). The molecule has 0 saturated carbocycles. The van der Waals surface area contributed by atoms with Gasteiger partial charge in [0.1, 0.15) is 11.8 Å². The number of hydrogen-bond acceptors (Lipinski definition) is 4. The van der Waals surface area contributed by atoms with Crippen LogP contribution in [0.25, 0.3) is 0 Å². The van der Waals surface area contributed by atoms with Crippen LogP contribution in [0, 0.1) is 0 Å². The molecule has 0 radical (unpaired) electrons. The molecule has 0 bridgehead atoms. The van der Waals surface area contributed by atoms with E-state index in [0.29, 0.717) is 11.3 Å². The lowest BCUT2D eigenvalue weighted by Gasteiger charge is -2.13. The van der Waals surface area contributed by atoms with Crippen molar-refractivity contribution in [2.45, 2.75) is 23.3 Å². The highest BCUT2D eigenvalue weighted by Gasteiger charge is 2.37.